The lowest BCUT2D eigenvalue weighted by Gasteiger charge is -2.32. The first-order valence-corrected chi connectivity index (χ1v) is 13.2. The summed E-state index contributed by atoms with van der Waals surface area (Å²) in [6.07, 6.45) is 3.74. The Balaban J connectivity index is 1.29. The molecule has 0 radical (unpaired) electrons. The van der Waals surface area contributed by atoms with E-state index in [9.17, 15) is 14.0 Å². The van der Waals surface area contributed by atoms with Gasteiger partial charge in [0.05, 0.1) is 11.9 Å². The van der Waals surface area contributed by atoms with Crippen molar-refractivity contribution in [1.82, 2.24) is 19.9 Å². The van der Waals surface area contributed by atoms with E-state index in [0.717, 1.165) is 32.2 Å². The van der Waals surface area contributed by atoms with Crippen molar-refractivity contribution in [3.8, 4) is 11.5 Å². The summed E-state index contributed by atoms with van der Waals surface area (Å²) in [6, 6.07) is 10.7. The van der Waals surface area contributed by atoms with E-state index in [4.69, 9.17) is 10.5 Å². The van der Waals surface area contributed by atoms with E-state index < -0.39 is 28.9 Å². The minimum absolute atomic E-state index is 0.117. The summed E-state index contributed by atoms with van der Waals surface area (Å²) in [5.41, 5.74) is 5.29. The number of rotatable bonds is 7. The molecule has 0 unspecified atom stereocenters. The number of nitrogens with two attached hydrogens (primary N) is 1. The third-order valence-electron chi connectivity index (χ3n) is 7.54. The third-order valence-corrected chi connectivity index (χ3v) is 7.54. The number of ether oxygens (including phenoxy) is 1. The van der Waals surface area contributed by atoms with Crippen LogP contribution in [0.2, 0.25) is 0 Å². The number of amides is 2. The van der Waals surface area contributed by atoms with E-state index in [2.05, 4.69) is 31.8 Å². The number of primary amides is 1. The number of nitrogens with zero attached hydrogens (tertiary/aromatic N) is 6. The first kappa shape index (κ1) is 26.5. The van der Waals surface area contributed by atoms with Crippen molar-refractivity contribution in [2.75, 3.05) is 43.0 Å². The fourth-order valence-corrected chi connectivity index (χ4v) is 4.87. The predicted molar refractivity (Wildman–Crippen MR) is 148 cm³/mol. The molecular weight excluding hydrogens is 532 g/mol. The fraction of sp³-hybridized carbons (Fsp3) is 0.276. The molecule has 10 nitrogen and oxygen atoms in total. The van der Waals surface area contributed by atoms with Crippen molar-refractivity contribution in [1.29, 1.82) is 0 Å². The lowest BCUT2D eigenvalue weighted by Crippen LogP contribution is -2.44. The van der Waals surface area contributed by atoms with E-state index in [1.807, 2.05) is 0 Å². The lowest BCUT2D eigenvalue weighted by atomic mass is 10.0. The quantitative estimate of drug-likeness (QED) is 0.340. The van der Waals surface area contributed by atoms with Crippen LogP contribution in [0.5, 0.6) is 11.5 Å². The molecule has 1 aliphatic heterocycles. The molecule has 1 saturated carbocycles. The number of fused-ring (bicyclic) bond motifs is 1. The number of pyridine rings is 1. The Morgan fingerprint density at radius 1 is 0.951 bits per heavy atom. The van der Waals surface area contributed by atoms with Gasteiger partial charge in [-0.3, -0.25) is 14.5 Å². The Kier molecular flexibility index (Phi) is 6.70. The van der Waals surface area contributed by atoms with Gasteiger partial charge in [-0.15, -0.1) is 0 Å². The summed E-state index contributed by atoms with van der Waals surface area (Å²) in [7, 11) is 2.07. The molecule has 2 aromatic heterocycles. The van der Waals surface area contributed by atoms with Gasteiger partial charge in [0.1, 0.15) is 17.1 Å². The van der Waals surface area contributed by atoms with E-state index in [-0.39, 0.29) is 35.7 Å². The van der Waals surface area contributed by atoms with Crippen molar-refractivity contribution in [2.24, 2.45) is 11.1 Å². The second-order valence-electron chi connectivity index (χ2n) is 10.3. The lowest BCUT2D eigenvalue weighted by molar-refractivity contribution is -0.133. The molecule has 12 heteroatoms. The molecular formula is C29H27F2N7O3. The number of anilines is 3. The zero-order valence-electron chi connectivity index (χ0n) is 22.3. The van der Waals surface area contributed by atoms with E-state index in [1.54, 1.807) is 12.3 Å². The SMILES string of the molecule is CN1CCN(c2cnc3c(Oc4ccc(N(C(=O)C5(C(N)=O)CC5)c5ccc(F)cc5)cc4F)ccnc3n2)CC1. The van der Waals surface area contributed by atoms with E-state index >= 15 is 4.39 Å². The van der Waals surface area contributed by atoms with Crippen LogP contribution in [0.25, 0.3) is 11.2 Å². The molecule has 2 aromatic carbocycles. The largest absolute Gasteiger partial charge is 0.452 e. The molecule has 0 spiro atoms. The number of carbonyl (C=O) groups excluding carboxylic acids is 2. The van der Waals surface area contributed by atoms with Crippen molar-refractivity contribution < 1.29 is 23.1 Å². The normalized spacial score (nSPS) is 16.4. The van der Waals surface area contributed by atoms with Crippen LogP contribution >= 0.6 is 0 Å². The maximum absolute atomic E-state index is 15.5. The van der Waals surface area contributed by atoms with Crippen molar-refractivity contribution in [3.63, 3.8) is 0 Å². The molecule has 0 atom stereocenters. The van der Waals surface area contributed by atoms with Crippen molar-refractivity contribution in [3.05, 3.63) is 72.6 Å². The number of likely N-dealkylation sites (N-methyl/N-ethyl adjacent to an activating group) is 1. The number of hydrogen-bond donors (Lipinski definition) is 1. The van der Waals surface area contributed by atoms with Gasteiger partial charge in [-0.2, -0.15) is 0 Å². The van der Waals surface area contributed by atoms with Crippen molar-refractivity contribution in [2.45, 2.75) is 12.8 Å². The smallest absolute Gasteiger partial charge is 0.247 e. The highest BCUT2D eigenvalue weighted by Gasteiger charge is 2.57. The molecule has 4 aromatic rings. The monoisotopic (exact) mass is 559 g/mol. The molecule has 1 aliphatic carbocycles. The molecule has 2 N–H and O–H groups in total. The van der Waals surface area contributed by atoms with Crippen LogP contribution in [0.1, 0.15) is 12.8 Å². The Morgan fingerprint density at radius 3 is 2.32 bits per heavy atom. The number of carbonyl (C=O) groups is 2. The number of aromatic nitrogens is 3. The first-order chi connectivity index (χ1) is 19.7. The van der Waals surface area contributed by atoms with Crippen LogP contribution in [0.4, 0.5) is 26.0 Å². The highest BCUT2D eigenvalue weighted by molar-refractivity contribution is 6.16. The Labute approximate surface area is 234 Å². The third kappa shape index (κ3) is 5.02. The number of benzene rings is 2. The van der Waals surface area contributed by atoms with Gasteiger partial charge in [-0.1, -0.05) is 0 Å². The maximum Gasteiger partial charge on any atom is 0.247 e. The van der Waals surface area contributed by atoms with Crippen LogP contribution in [0.3, 0.4) is 0 Å². The van der Waals surface area contributed by atoms with Crippen LogP contribution in [0, 0.1) is 17.0 Å². The Hall–Kier alpha value is -4.71. The average molecular weight is 560 g/mol. The molecule has 41 heavy (non-hydrogen) atoms. The Bertz CT molecular complexity index is 1640. The molecule has 2 amide bonds. The van der Waals surface area contributed by atoms with Crippen LogP contribution < -0.4 is 20.3 Å². The fourth-order valence-electron chi connectivity index (χ4n) is 4.87. The van der Waals surface area contributed by atoms with E-state index in [1.165, 1.54) is 47.5 Å². The van der Waals surface area contributed by atoms with Gasteiger partial charge in [0.2, 0.25) is 11.8 Å². The van der Waals surface area contributed by atoms with Crippen LogP contribution in [-0.4, -0.2) is 64.9 Å². The predicted octanol–water partition coefficient (Wildman–Crippen LogP) is 3.78. The van der Waals surface area contributed by atoms with Gasteiger partial charge >= 0.3 is 0 Å². The minimum Gasteiger partial charge on any atom is -0.452 e. The molecule has 2 aliphatic rings. The van der Waals surface area contributed by atoms with Crippen LogP contribution in [-0.2, 0) is 9.59 Å². The molecule has 210 valence electrons. The van der Waals surface area contributed by atoms with Gasteiger partial charge in [0, 0.05) is 50.2 Å². The average Bonchev–Trinajstić information content (AvgIpc) is 3.78. The van der Waals surface area contributed by atoms with Gasteiger partial charge in [-0.25, -0.2) is 23.7 Å². The molecule has 6 rings (SSSR count). The highest BCUT2D eigenvalue weighted by atomic mass is 19.1. The number of halogens is 2. The summed E-state index contributed by atoms with van der Waals surface area (Å²) in [4.78, 5) is 44.6. The molecule has 0 bridgehead atoms. The molecule has 3 heterocycles. The van der Waals surface area contributed by atoms with Gasteiger partial charge in [0.15, 0.2) is 28.5 Å². The van der Waals surface area contributed by atoms with Crippen LogP contribution in [0.15, 0.2) is 60.9 Å². The first-order valence-electron chi connectivity index (χ1n) is 13.2. The Morgan fingerprint density at radius 2 is 1.66 bits per heavy atom. The molecule has 2 fully saturated rings. The summed E-state index contributed by atoms with van der Waals surface area (Å²) in [5, 5.41) is 0. The second kappa shape index (κ2) is 10.4. The zero-order valence-corrected chi connectivity index (χ0v) is 22.3. The topological polar surface area (TPSA) is 118 Å². The summed E-state index contributed by atoms with van der Waals surface area (Å²) in [6.45, 7) is 3.48. The summed E-state index contributed by atoms with van der Waals surface area (Å²) in [5.74, 6) is -1.77. The molecule has 1 saturated heterocycles. The van der Waals surface area contributed by atoms with Crippen molar-refractivity contribution >= 4 is 40.2 Å². The second-order valence-corrected chi connectivity index (χ2v) is 10.3. The summed E-state index contributed by atoms with van der Waals surface area (Å²) < 4.78 is 35.0. The zero-order chi connectivity index (χ0) is 28.7. The maximum atomic E-state index is 15.5. The van der Waals surface area contributed by atoms with E-state index in [0.29, 0.717) is 17.0 Å². The van der Waals surface area contributed by atoms with Gasteiger partial charge in [0.25, 0.3) is 0 Å². The number of hydrogen-bond acceptors (Lipinski definition) is 8. The number of piperazine rings is 1. The van der Waals surface area contributed by atoms with Gasteiger partial charge in [-0.05, 0) is 56.3 Å². The highest BCUT2D eigenvalue weighted by Crippen LogP contribution is 2.49. The van der Waals surface area contributed by atoms with Gasteiger partial charge < -0.3 is 20.3 Å². The minimum atomic E-state index is -1.38. The summed E-state index contributed by atoms with van der Waals surface area (Å²) >= 11 is 0. The standard InChI is InChI=1S/C29H27F2N7O3/c1-36-12-14-37(15-13-36)24-17-34-25-23(8-11-33-26(25)35-24)41-22-7-6-20(16-21(22)31)38(19-4-2-18(30)3-5-19)28(40)29(9-10-29)27(32)39/h2-8,11,16-17H,9-10,12-15H2,1H3,(H2,32,39).